The first-order valence-corrected chi connectivity index (χ1v) is 13.9. The Bertz CT molecular complexity index is 1280. The third kappa shape index (κ3) is 5.90. The molecule has 1 aliphatic heterocycles. The van der Waals surface area contributed by atoms with Crippen LogP contribution in [-0.2, 0) is 14.8 Å². The van der Waals surface area contributed by atoms with Gasteiger partial charge in [-0.15, -0.1) is 0 Å². The first-order chi connectivity index (χ1) is 16.6. The number of hydrogen-bond acceptors (Lipinski definition) is 7. The van der Waals surface area contributed by atoms with E-state index in [9.17, 15) is 13.2 Å². The zero-order chi connectivity index (χ0) is 25.2. The van der Waals surface area contributed by atoms with Crippen molar-refractivity contribution in [3.8, 4) is 0 Å². The normalized spacial score (nSPS) is 16.5. The molecule has 35 heavy (non-hydrogen) atoms. The monoisotopic (exact) mass is 516 g/mol. The van der Waals surface area contributed by atoms with Gasteiger partial charge in [-0.1, -0.05) is 17.4 Å². The molecule has 1 aliphatic rings. The molecule has 2 aromatic carbocycles. The molecule has 4 rings (SSSR count). The number of anilines is 1. The van der Waals surface area contributed by atoms with Crippen LogP contribution in [0.4, 0.5) is 5.13 Å². The van der Waals surface area contributed by atoms with Crippen molar-refractivity contribution >= 4 is 42.6 Å². The minimum absolute atomic E-state index is 0.0709. The SMILES string of the molecule is Cc1ccc2nc(N(CCN(C)C)C(=O)c3ccc(S(=O)(=O)N(C)C[C@@H]4CCCO4)cc3)sc2c1. The summed E-state index contributed by atoms with van der Waals surface area (Å²) in [5.41, 5.74) is 2.41. The third-order valence-electron chi connectivity index (χ3n) is 6.07. The van der Waals surface area contributed by atoms with Crippen molar-refractivity contribution in [2.45, 2.75) is 30.8 Å². The summed E-state index contributed by atoms with van der Waals surface area (Å²) in [5.74, 6) is -0.209. The van der Waals surface area contributed by atoms with E-state index in [-0.39, 0.29) is 16.9 Å². The molecular weight excluding hydrogens is 484 g/mol. The summed E-state index contributed by atoms with van der Waals surface area (Å²) in [6.07, 6.45) is 1.74. The largest absolute Gasteiger partial charge is 0.377 e. The summed E-state index contributed by atoms with van der Waals surface area (Å²) in [4.78, 5) is 22.1. The molecule has 0 N–H and O–H groups in total. The Morgan fingerprint density at radius 1 is 1.11 bits per heavy atom. The maximum absolute atomic E-state index is 13.5. The van der Waals surface area contributed by atoms with Gasteiger partial charge < -0.3 is 9.64 Å². The number of aromatic nitrogens is 1. The van der Waals surface area contributed by atoms with E-state index in [0.29, 0.717) is 36.9 Å². The van der Waals surface area contributed by atoms with E-state index in [4.69, 9.17) is 9.72 Å². The number of ether oxygens (including phenoxy) is 1. The molecule has 1 saturated heterocycles. The van der Waals surface area contributed by atoms with E-state index < -0.39 is 10.0 Å². The second-order valence-electron chi connectivity index (χ2n) is 9.17. The Hall–Kier alpha value is -2.37. The van der Waals surface area contributed by atoms with Crippen molar-refractivity contribution in [2.75, 3.05) is 52.3 Å². The van der Waals surface area contributed by atoms with Crippen molar-refractivity contribution in [1.82, 2.24) is 14.2 Å². The minimum Gasteiger partial charge on any atom is -0.377 e. The minimum atomic E-state index is -3.67. The van der Waals surface area contributed by atoms with Crippen LogP contribution in [0.25, 0.3) is 10.2 Å². The number of carbonyl (C=O) groups is 1. The van der Waals surface area contributed by atoms with Crippen LogP contribution in [0.1, 0.15) is 28.8 Å². The second-order valence-corrected chi connectivity index (χ2v) is 12.2. The maximum atomic E-state index is 13.5. The first-order valence-electron chi connectivity index (χ1n) is 11.7. The van der Waals surface area contributed by atoms with Crippen LogP contribution in [0.5, 0.6) is 0 Å². The number of amides is 1. The lowest BCUT2D eigenvalue weighted by Crippen LogP contribution is -2.37. The van der Waals surface area contributed by atoms with Gasteiger partial charge in [0.05, 0.1) is 21.2 Å². The summed E-state index contributed by atoms with van der Waals surface area (Å²) in [6, 6.07) is 12.2. The summed E-state index contributed by atoms with van der Waals surface area (Å²) >= 11 is 1.48. The van der Waals surface area contributed by atoms with Crippen LogP contribution in [0.2, 0.25) is 0 Å². The number of rotatable bonds is 9. The molecule has 1 aromatic heterocycles. The van der Waals surface area contributed by atoms with Gasteiger partial charge in [-0.2, -0.15) is 4.31 Å². The van der Waals surface area contributed by atoms with Crippen LogP contribution in [0.15, 0.2) is 47.4 Å². The summed E-state index contributed by atoms with van der Waals surface area (Å²) in [5, 5.41) is 0.630. The molecule has 0 radical (unpaired) electrons. The molecule has 3 aromatic rings. The lowest BCUT2D eigenvalue weighted by Gasteiger charge is -2.22. The molecule has 10 heteroatoms. The number of nitrogens with zero attached hydrogens (tertiary/aromatic N) is 4. The van der Waals surface area contributed by atoms with Gasteiger partial charge in [0.2, 0.25) is 10.0 Å². The van der Waals surface area contributed by atoms with Gasteiger partial charge in [-0.3, -0.25) is 9.69 Å². The van der Waals surface area contributed by atoms with E-state index in [1.165, 1.54) is 27.8 Å². The Kier molecular flexibility index (Phi) is 7.87. The van der Waals surface area contributed by atoms with Crippen molar-refractivity contribution in [1.29, 1.82) is 0 Å². The second kappa shape index (κ2) is 10.7. The van der Waals surface area contributed by atoms with E-state index in [1.807, 2.05) is 38.1 Å². The van der Waals surface area contributed by atoms with Crippen LogP contribution >= 0.6 is 11.3 Å². The Morgan fingerprint density at radius 3 is 2.51 bits per heavy atom. The number of benzene rings is 2. The Labute approximate surface area is 211 Å². The zero-order valence-corrected chi connectivity index (χ0v) is 22.2. The molecule has 0 aliphatic carbocycles. The molecule has 188 valence electrons. The third-order valence-corrected chi connectivity index (χ3v) is 8.95. The number of hydrogen-bond donors (Lipinski definition) is 0. The summed E-state index contributed by atoms with van der Waals surface area (Å²) in [7, 11) is 1.80. The highest BCUT2D eigenvalue weighted by atomic mass is 32.2. The van der Waals surface area contributed by atoms with E-state index in [2.05, 4.69) is 6.07 Å². The maximum Gasteiger partial charge on any atom is 0.260 e. The van der Waals surface area contributed by atoms with E-state index >= 15 is 0 Å². The Morgan fingerprint density at radius 2 is 1.86 bits per heavy atom. The highest BCUT2D eigenvalue weighted by molar-refractivity contribution is 7.89. The van der Waals surface area contributed by atoms with Crippen LogP contribution in [0, 0.1) is 6.92 Å². The van der Waals surface area contributed by atoms with Gasteiger partial charge in [0, 0.05) is 38.9 Å². The van der Waals surface area contributed by atoms with Gasteiger partial charge in [0.1, 0.15) is 0 Å². The highest BCUT2D eigenvalue weighted by Crippen LogP contribution is 2.30. The predicted octanol–water partition coefficient (Wildman–Crippen LogP) is 3.61. The molecule has 0 spiro atoms. The van der Waals surface area contributed by atoms with Crippen LogP contribution in [-0.4, -0.2) is 82.0 Å². The highest BCUT2D eigenvalue weighted by Gasteiger charge is 2.27. The number of thiazole rings is 1. The standard InChI is InChI=1S/C25H32N4O4S2/c1-18-7-12-22-23(16-18)34-25(26-22)29(14-13-27(2)3)24(30)19-8-10-21(11-9-19)35(31,32)28(4)17-20-6-5-15-33-20/h7-12,16,20H,5-6,13-15,17H2,1-4H3/t20-/m0/s1. The fourth-order valence-corrected chi connectivity index (χ4v) is 6.29. The first kappa shape index (κ1) is 25.7. The molecule has 1 amide bonds. The fraction of sp³-hybridized carbons (Fsp3) is 0.440. The van der Waals surface area contributed by atoms with E-state index in [0.717, 1.165) is 28.6 Å². The number of aryl methyl sites for hydroxylation is 1. The van der Waals surface area contributed by atoms with Crippen LogP contribution in [0.3, 0.4) is 0 Å². The van der Waals surface area contributed by atoms with Crippen molar-refractivity contribution in [2.24, 2.45) is 0 Å². The van der Waals surface area contributed by atoms with Crippen molar-refractivity contribution in [3.05, 3.63) is 53.6 Å². The molecule has 0 bridgehead atoms. The lowest BCUT2D eigenvalue weighted by molar-refractivity contribution is 0.0978. The predicted molar refractivity (Wildman–Crippen MR) is 140 cm³/mol. The molecule has 1 fully saturated rings. The molecule has 0 saturated carbocycles. The summed E-state index contributed by atoms with van der Waals surface area (Å²) in [6.45, 7) is 4.16. The molecule has 1 atom stereocenters. The smallest absolute Gasteiger partial charge is 0.260 e. The molecule has 0 unspecified atom stereocenters. The lowest BCUT2D eigenvalue weighted by atomic mass is 10.2. The van der Waals surface area contributed by atoms with Gasteiger partial charge >= 0.3 is 0 Å². The number of carbonyl (C=O) groups excluding carboxylic acids is 1. The Balaban J connectivity index is 1.56. The van der Waals surface area contributed by atoms with Gasteiger partial charge in [-0.05, 0) is 75.8 Å². The van der Waals surface area contributed by atoms with Gasteiger partial charge in [0.25, 0.3) is 5.91 Å². The average Bonchev–Trinajstić information content (AvgIpc) is 3.48. The van der Waals surface area contributed by atoms with Gasteiger partial charge in [-0.25, -0.2) is 13.4 Å². The summed E-state index contributed by atoms with van der Waals surface area (Å²) < 4.78 is 34.0. The molecule has 8 nitrogen and oxygen atoms in total. The van der Waals surface area contributed by atoms with Gasteiger partial charge in [0.15, 0.2) is 5.13 Å². The van der Waals surface area contributed by atoms with Crippen molar-refractivity contribution < 1.29 is 17.9 Å². The van der Waals surface area contributed by atoms with Crippen molar-refractivity contribution in [3.63, 3.8) is 0 Å². The zero-order valence-electron chi connectivity index (χ0n) is 20.6. The average molecular weight is 517 g/mol. The molecular formula is C25H32N4O4S2. The topological polar surface area (TPSA) is 83.1 Å². The van der Waals surface area contributed by atoms with E-state index in [1.54, 1.807) is 24.1 Å². The number of likely N-dealkylation sites (N-methyl/N-ethyl adjacent to an activating group) is 2. The quantitative estimate of drug-likeness (QED) is 0.432. The number of fused-ring (bicyclic) bond motifs is 1. The number of sulfonamides is 1. The van der Waals surface area contributed by atoms with Crippen LogP contribution < -0.4 is 4.90 Å². The molecule has 2 heterocycles. The fourth-order valence-electron chi connectivity index (χ4n) is 4.00.